The van der Waals surface area contributed by atoms with Crippen molar-refractivity contribution in [2.24, 2.45) is 11.7 Å². The summed E-state index contributed by atoms with van der Waals surface area (Å²) < 4.78 is 18.0. The van der Waals surface area contributed by atoms with E-state index in [1.165, 1.54) is 13.2 Å². The van der Waals surface area contributed by atoms with Gasteiger partial charge < -0.3 is 10.5 Å². The lowest BCUT2D eigenvalue weighted by atomic mass is 10.1. The van der Waals surface area contributed by atoms with Crippen LogP contribution in [0, 0.1) is 11.7 Å². The van der Waals surface area contributed by atoms with Crippen LogP contribution < -0.4 is 10.5 Å². The normalized spacial score (nSPS) is 24.8. The quantitative estimate of drug-likeness (QED) is 0.799. The van der Waals surface area contributed by atoms with Gasteiger partial charge in [0.1, 0.15) is 0 Å². The SMILES string of the molecule is COc1cc(C2CC2CN)ccc1F. The highest BCUT2D eigenvalue weighted by Crippen LogP contribution is 2.47. The second-order valence-corrected chi connectivity index (χ2v) is 3.73. The average molecular weight is 195 g/mol. The Balaban J connectivity index is 2.20. The molecule has 2 atom stereocenters. The van der Waals surface area contributed by atoms with Crippen LogP contribution in [0.25, 0.3) is 0 Å². The Hall–Kier alpha value is -1.09. The number of benzene rings is 1. The summed E-state index contributed by atoms with van der Waals surface area (Å²) in [5.74, 6) is 1.10. The maximum absolute atomic E-state index is 13.1. The summed E-state index contributed by atoms with van der Waals surface area (Å²) in [6, 6.07) is 5.05. The minimum Gasteiger partial charge on any atom is -0.494 e. The standard InChI is InChI=1S/C11H14FNO/c1-14-11-5-7(2-3-10(11)12)9-4-8(9)6-13/h2-3,5,8-9H,4,6,13H2,1H3. The smallest absolute Gasteiger partial charge is 0.165 e. The van der Waals surface area contributed by atoms with E-state index in [0.29, 0.717) is 24.1 Å². The summed E-state index contributed by atoms with van der Waals surface area (Å²) in [4.78, 5) is 0. The maximum Gasteiger partial charge on any atom is 0.165 e. The van der Waals surface area contributed by atoms with E-state index in [1.54, 1.807) is 6.07 Å². The number of methoxy groups -OCH3 is 1. The lowest BCUT2D eigenvalue weighted by Gasteiger charge is -2.04. The second-order valence-electron chi connectivity index (χ2n) is 3.73. The molecular weight excluding hydrogens is 181 g/mol. The molecular formula is C11H14FNO. The van der Waals surface area contributed by atoms with E-state index >= 15 is 0 Å². The van der Waals surface area contributed by atoms with Gasteiger partial charge in [-0.1, -0.05) is 6.07 Å². The third-order valence-electron chi connectivity index (χ3n) is 2.83. The first-order chi connectivity index (χ1) is 6.76. The minimum atomic E-state index is -0.304. The van der Waals surface area contributed by atoms with E-state index in [0.717, 1.165) is 12.0 Å². The first-order valence-corrected chi connectivity index (χ1v) is 4.79. The molecule has 1 aromatic carbocycles. The molecule has 2 rings (SSSR count). The lowest BCUT2D eigenvalue weighted by molar-refractivity contribution is 0.386. The topological polar surface area (TPSA) is 35.2 Å². The Morgan fingerprint density at radius 1 is 1.57 bits per heavy atom. The maximum atomic E-state index is 13.1. The van der Waals surface area contributed by atoms with Crippen LogP contribution in [0.15, 0.2) is 18.2 Å². The summed E-state index contributed by atoms with van der Waals surface area (Å²) in [6.45, 7) is 0.713. The Morgan fingerprint density at radius 3 is 2.93 bits per heavy atom. The predicted octanol–water partition coefficient (Wildman–Crippen LogP) is 1.90. The number of nitrogens with two attached hydrogens (primary N) is 1. The summed E-state index contributed by atoms with van der Waals surface area (Å²) in [5.41, 5.74) is 6.69. The summed E-state index contributed by atoms with van der Waals surface area (Å²) in [7, 11) is 1.48. The molecule has 76 valence electrons. The van der Waals surface area contributed by atoms with Gasteiger partial charge in [-0.15, -0.1) is 0 Å². The number of rotatable bonds is 3. The minimum absolute atomic E-state index is 0.304. The van der Waals surface area contributed by atoms with E-state index in [2.05, 4.69) is 0 Å². The molecule has 1 aromatic rings. The fourth-order valence-corrected chi connectivity index (χ4v) is 1.82. The molecule has 2 unspecified atom stereocenters. The third-order valence-corrected chi connectivity index (χ3v) is 2.83. The highest BCUT2D eigenvalue weighted by atomic mass is 19.1. The number of hydrogen-bond acceptors (Lipinski definition) is 2. The molecule has 2 nitrogen and oxygen atoms in total. The molecule has 0 amide bonds. The molecule has 0 spiro atoms. The Kier molecular flexibility index (Phi) is 2.42. The van der Waals surface area contributed by atoms with Crippen LogP contribution in [-0.4, -0.2) is 13.7 Å². The first-order valence-electron chi connectivity index (χ1n) is 4.79. The van der Waals surface area contributed by atoms with Gasteiger partial charge in [0.25, 0.3) is 0 Å². The van der Waals surface area contributed by atoms with Crippen molar-refractivity contribution in [2.75, 3.05) is 13.7 Å². The van der Waals surface area contributed by atoms with Crippen molar-refractivity contribution in [3.63, 3.8) is 0 Å². The summed E-state index contributed by atoms with van der Waals surface area (Å²) in [5, 5.41) is 0. The van der Waals surface area contributed by atoms with Crippen molar-refractivity contribution >= 4 is 0 Å². The highest BCUT2D eigenvalue weighted by molar-refractivity contribution is 5.35. The molecule has 0 aromatic heterocycles. The van der Waals surface area contributed by atoms with Crippen molar-refractivity contribution in [3.8, 4) is 5.75 Å². The first kappa shape index (κ1) is 9.46. The zero-order valence-electron chi connectivity index (χ0n) is 8.16. The van der Waals surface area contributed by atoms with Gasteiger partial charge in [0.2, 0.25) is 0 Å². The summed E-state index contributed by atoms with van der Waals surface area (Å²) >= 11 is 0. The van der Waals surface area contributed by atoms with Crippen LogP contribution in [0.4, 0.5) is 4.39 Å². The summed E-state index contributed by atoms with van der Waals surface area (Å²) in [6.07, 6.45) is 1.12. The van der Waals surface area contributed by atoms with Crippen LogP contribution in [-0.2, 0) is 0 Å². The zero-order chi connectivity index (χ0) is 10.1. The van der Waals surface area contributed by atoms with Gasteiger partial charge in [-0.2, -0.15) is 0 Å². The molecule has 3 heteroatoms. The fraction of sp³-hybridized carbons (Fsp3) is 0.455. The molecule has 0 bridgehead atoms. The van der Waals surface area contributed by atoms with E-state index < -0.39 is 0 Å². The van der Waals surface area contributed by atoms with Gasteiger partial charge in [0.15, 0.2) is 11.6 Å². The second kappa shape index (κ2) is 3.58. The Labute approximate surface area is 82.9 Å². The molecule has 0 saturated heterocycles. The van der Waals surface area contributed by atoms with Gasteiger partial charge in [-0.25, -0.2) is 4.39 Å². The number of halogens is 1. The van der Waals surface area contributed by atoms with Crippen molar-refractivity contribution < 1.29 is 9.13 Å². The van der Waals surface area contributed by atoms with E-state index in [9.17, 15) is 4.39 Å². The van der Waals surface area contributed by atoms with Crippen LogP contribution in [0.1, 0.15) is 17.9 Å². The van der Waals surface area contributed by atoms with Crippen LogP contribution in [0.2, 0.25) is 0 Å². The number of hydrogen-bond donors (Lipinski definition) is 1. The largest absolute Gasteiger partial charge is 0.494 e. The van der Waals surface area contributed by atoms with Crippen LogP contribution in [0.3, 0.4) is 0 Å². The van der Waals surface area contributed by atoms with E-state index in [-0.39, 0.29) is 5.82 Å². The van der Waals surface area contributed by atoms with Crippen LogP contribution in [0.5, 0.6) is 5.75 Å². The van der Waals surface area contributed by atoms with Crippen molar-refractivity contribution in [1.82, 2.24) is 0 Å². The highest BCUT2D eigenvalue weighted by Gasteiger charge is 2.37. The Morgan fingerprint density at radius 2 is 2.36 bits per heavy atom. The number of ether oxygens (including phenoxy) is 1. The van der Waals surface area contributed by atoms with Gasteiger partial charge >= 0.3 is 0 Å². The predicted molar refractivity (Wildman–Crippen MR) is 52.9 cm³/mol. The molecule has 1 aliphatic rings. The molecule has 1 fully saturated rings. The Bertz CT molecular complexity index is 340. The lowest BCUT2D eigenvalue weighted by Crippen LogP contribution is -2.02. The average Bonchev–Trinajstić information content (AvgIpc) is 2.98. The molecule has 1 aliphatic carbocycles. The fourth-order valence-electron chi connectivity index (χ4n) is 1.82. The molecule has 0 aliphatic heterocycles. The third kappa shape index (κ3) is 1.60. The molecule has 0 heterocycles. The van der Waals surface area contributed by atoms with E-state index in [4.69, 9.17) is 10.5 Å². The van der Waals surface area contributed by atoms with Crippen molar-refractivity contribution in [3.05, 3.63) is 29.6 Å². The monoisotopic (exact) mass is 195 g/mol. The van der Waals surface area contributed by atoms with E-state index in [1.807, 2.05) is 6.07 Å². The zero-order valence-corrected chi connectivity index (χ0v) is 8.16. The van der Waals surface area contributed by atoms with Crippen molar-refractivity contribution in [1.29, 1.82) is 0 Å². The van der Waals surface area contributed by atoms with Gasteiger partial charge in [0.05, 0.1) is 7.11 Å². The van der Waals surface area contributed by atoms with Gasteiger partial charge in [-0.05, 0) is 42.5 Å². The molecule has 1 saturated carbocycles. The van der Waals surface area contributed by atoms with Gasteiger partial charge in [-0.3, -0.25) is 0 Å². The van der Waals surface area contributed by atoms with Gasteiger partial charge in [0, 0.05) is 0 Å². The van der Waals surface area contributed by atoms with Crippen LogP contribution >= 0.6 is 0 Å². The molecule has 14 heavy (non-hydrogen) atoms. The van der Waals surface area contributed by atoms with Crippen molar-refractivity contribution in [2.45, 2.75) is 12.3 Å². The molecule has 0 radical (unpaired) electrons. The molecule has 2 N–H and O–H groups in total.